The number of nitrogens with one attached hydrogen (secondary N) is 1. The van der Waals surface area contributed by atoms with Crippen LogP contribution in [0.3, 0.4) is 0 Å². The van der Waals surface area contributed by atoms with Gasteiger partial charge in [-0.3, -0.25) is 9.97 Å². The predicted molar refractivity (Wildman–Crippen MR) is 67.4 cm³/mol. The lowest BCUT2D eigenvalue weighted by molar-refractivity contribution is 0.0697. The number of hydrogen-bond donors (Lipinski definition) is 2. The van der Waals surface area contributed by atoms with Gasteiger partial charge in [0.1, 0.15) is 5.82 Å². The minimum absolute atomic E-state index is 0.0234. The van der Waals surface area contributed by atoms with Crippen molar-refractivity contribution >= 4 is 11.7 Å². The average Bonchev–Trinajstić information content (AvgIpc) is 2.42. The molecule has 0 aliphatic carbocycles. The fraction of sp³-hybridized carbons (Fsp3) is 0.154. The maximum Gasteiger partial charge on any atom is 0.335 e. The number of anilines is 1. The molecule has 0 saturated carbocycles. The van der Waals surface area contributed by atoms with Crippen molar-refractivity contribution in [2.24, 2.45) is 0 Å². The van der Waals surface area contributed by atoms with Crippen LogP contribution in [0.25, 0.3) is 0 Å². The molecule has 2 aromatic rings. The van der Waals surface area contributed by atoms with Crippen LogP contribution in [0.4, 0.5) is 10.1 Å². The highest BCUT2D eigenvalue weighted by Crippen LogP contribution is 2.21. The zero-order valence-corrected chi connectivity index (χ0v) is 10.2. The molecule has 1 aromatic carbocycles. The SMILES string of the molecule is CC(Nc1cc(C(=O)O)ccc1F)c1cnccn1. The van der Waals surface area contributed by atoms with Crippen molar-refractivity contribution in [3.63, 3.8) is 0 Å². The summed E-state index contributed by atoms with van der Waals surface area (Å²) in [5, 5.41) is 11.8. The molecule has 0 radical (unpaired) electrons. The summed E-state index contributed by atoms with van der Waals surface area (Å²) in [5.74, 6) is -1.61. The van der Waals surface area contributed by atoms with Gasteiger partial charge >= 0.3 is 5.97 Å². The third-order valence-corrected chi connectivity index (χ3v) is 2.61. The number of benzene rings is 1. The van der Waals surface area contributed by atoms with Crippen molar-refractivity contribution in [3.8, 4) is 0 Å². The number of rotatable bonds is 4. The van der Waals surface area contributed by atoms with E-state index in [1.165, 1.54) is 18.3 Å². The van der Waals surface area contributed by atoms with E-state index in [0.29, 0.717) is 5.69 Å². The van der Waals surface area contributed by atoms with Crippen LogP contribution in [-0.2, 0) is 0 Å². The number of carbonyl (C=O) groups is 1. The number of carboxylic acids is 1. The molecule has 0 bridgehead atoms. The van der Waals surface area contributed by atoms with E-state index in [4.69, 9.17) is 5.11 Å². The fourth-order valence-electron chi connectivity index (χ4n) is 1.61. The molecule has 1 unspecified atom stereocenters. The molecule has 2 rings (SSSR count). The smallest absolute Gasteiger partial charge is 0.335 e. The van der Waals surface area contributed by atoms with Gasteiger partial charge < -0.3 is 10.4 Å². The summed E-state index contributed by atoms with van der Waals surface area (Å²) in [6.45, 7) is 1.79. The Bertz CT molecular complexity index is 590. The van der Waals surface area contributed by atoms with Crippen LogP contribution in [0.5, 0.6) is 0 Å². The highest BCUT2D eigenvalue weighted by atomic mass is 19.1. The van der Waals surface area contributed by atoms with Gasteiger partial charge in [-0.25, -0.2) is 9.18 Å². The number of nitrogens with zero attached hydrogens (tertiary/aromatic N) is 2. The summed E-state index contributed by atoms with van der Waals surface area (Å²) in [6, 6.07) is 3.31. The van der Waals surface area contributed by atoms with Gasteiger partial charge in [-0.1, -0.05) is 0 Å². The van der Waals surface area contributed by atoms with E-state index >= 15 is 0 Å². The van der Waals surface area contributed by atoms with Gasteiger partial charge in [0, 0.05) is 12.4 Å². The van der Waals surface area contributed by atoms with Crippen molar-refractivity contribution in [1.82, 2.24) is 9.97 Å². The summed E-state index contributed by atoms with van der Waals surface area (Å²) in [6.07, 6.45) is 4.65. The van der Waals surface area contributed by atoms with E-state index in [1.54, 1.807) is 19.3 Å². The molecular weight excluding hydrogens is 249 g/mol. The first-order chi connectivity index (χ1) is 9.08. The summed E-state index contributed by atoms with van der Waals surface area (Å²) in [5.41, 5.74) is 0.788. The standard InChI is InChI=1S/C13H12FN3O2/c1-8(12-7-15-4-5-16-12)17-11-6-9(13(18)19)2-3-10(11)14/h2-8,17H,1H3,(H,18,19). The van der Waals surface area contributed by atoms with Crippen LogP contribution in [0, 0.1) is 5.82 Å². The van der Waals surface area contributed by atoms with E-state index in [0.717, 1.165) is 6.07 Å². The lowest BCUT2D eigenvalue weighted by Crippen LogP contribution is -2.10. The Hall–Kier alpha value is -2.50. The normalized spacial score (nSPS) is 11.9. The summed E-state index contributed by atoms with van der Waals surface area (Å²) in [7, 11) is 0. The van der Waals surface area contributed by atoms with Crippen LogP contribution < -0.4 is 5.32 Å². The van der Waals surface area contributed by atoms with Gasteiger partial charge in [0.15, 0.2) is 0 Å². The first-order valence-electron chi connectivity index (χ1n) is 5.63. The molecule has 2 N–H and O–H groups in total. The molecular formula is C13H12FN3O2. The highest BCUT2D eigenvalue weighted by molar-refractivity contribution is 5.88. The van der Waals surface area contributed by atoms with Crippen molar-refractivity contribution in [2.75, 3.05) is 5.32 Å². The van der Waals surface area contributed by atoms with Gasteiger partial charge in [-0.2, -0.15) is 0 Å². The second-order valence-electron chi connectivity index (χ2n) is 4.00. The average molecular weight is 261 g/mol. The van der Waals surface area contributed by atoms with Crippen LogP contribution in [0.1, 0.15) is 29.0 Å². The van der Waals surface area contributed by atoms with E-state index in [2.05, 4.69) is 15.3 Å². The minimum Gasteiger partial charge on any atom is -0.478 e. The number of aromatic carboxylic acids is 1. The maximum atomic E-state index is 13.6. The van der Waals surface area contributed by atoms with Gasteiger partial charge in [0.05, 0.1) is 29.2 Å². The number of halogens is 1. The van der Waals surface area contributed by atoms with Gasteiger partial charge in [0.2, 0.25) is 0 Å². The minimum atomic E-state index is -1.10. The molecule has 0 fully saturated rings. The zero-order valence-electron chi connectivity index (χ0n) is 10.2. The molecule has 0 spiro atoms. The predicted octanol–water partition coefficient (Wildman–Crippen LogP) is 2.49. The molecule has 1 aromatic heterocycles. The monoisotopic (exact) mass is 261 g/mol. The van der Waals surface area contributed by atoms with Crippen molar-refractivity contribution in [3.05, 3.63) is 53.9 Å². The Balaban J connectivity index is 2.23. The largest absolute Gasteiger partial charge is 0.478 e. The van der Waals surface area contributed by atoms with E-state index in [1.807, 2.05) is 0 Å². The fourth-order valence-corrected chi connectivity index (χ4v) is 1.61. The van der Waals surface area contributed by atoms with Gasteiger partial charge in [0.25, 0.3) is 0 Å². The van der Waals surface area contributed by atoms with E-state index < -0.39 is 11.8 Å². The summed E-state index contributed by atoms with van der Waals surface area (Å²) >= 11 is 0. The Labute approximate surface area is 109 Å². The lowest BCUT2D eigenvalue weighted by atomic mass is 10.1. The molecule has 0 aliphatic heterocycles. The second-order valence-corrected chi connectivity index (χ2v) is 4.00. The lowest BCUT2D eigenvalue weighted by Gasteiger charge is -2.15. The van der Waals surface area contributed by atoms with E-state index in [-0.39, 0.29) is 17.3 Å². The van der Waals surface area contributed by atoms with Gasteiger partial charge in [-0.05, 0) is 25.1 Å². The number of carboxylic acid groups (broad SMARTS) is 1. The van der Waals surface area contributed by atoms with Crippen LogP contribution in [0.15, 0.2) is 36.8 Å². The quantitative estimate of drug-likeness (QED) is 0.884. The Kier molecular flexibility index (Phi) is 3.70. The first-order valence-corrected chi connectivity index (χ1v) is 5.63. The molecule has 1 atom stereocenters. The van der Waals surface area contributed by atoms with Crippen LogP contribution in [0.2, 0.25) is 0 Å². The van der Waals surface area contributed by atoms with Crippen molar-refractivity contribution in [1.29, 1.82) is 0 Å². The summed E-state index contributed by atoms with van der Waals surface area (Å²) < 4.78 is 13.6. The van der Waals surface area contributed by atoms with Crippen molar-refractivity contribution in [2.45, 2.75) is 13.0 Å². The Morgan fingerprint density at radius 2 is 2.21 bits per heavy atom. The molecule has 19 heavy (non-hydrogen) atoms. The Morgan fingerprint density at radius 1 is 1.42 bits per heavy atom. The zero-order chi connectivity index (χ0) is 13.8. The first kappa shape index (κ1) is 12.9. The number of hydrogen-bond acceptors (Lipinski definition) is 4. The third-order valence-electron chi connectivity index (χ3n) is 2.61. The number of aromatic nitrogens is 2. The molecule has 5 nitrogen and oxygen atoms in total. The highest BCUT2D eigenvalue weighted by Gasteiger charge is 2.12. The second kappa shape index (κ2) is 5.43. The molecule has 98 valence electrons. The van der Waals surface area contributed by atoms with Crippen molar-refractivity contribution < 1.29 is 14.3 Å². The molecule has 0 aliphatic rings. The topological polar surface area (TPSA) is 75.1 Å². The van der Waals surface area contributed by atoms with Crippen LogP contribution >= 0.6 is 0 Å². The molecule has 1 heterocycles. The Morgan fingerprint density at radius 3 is 2.84 bits per heavy atom. The van der Waals surface area contributed by atoms with E-state index in [9.17, 15) is 9.18 Å². The summed E-state index contributed by atoms with van der Waals surface area (Å²) in [4.78, 5) is 18.9. The van der Waals surface area contributed by atoms with Gasteiger partial charge in [-0.15, -0.1) is 0 Å². The maximum absolute atomic E-state index is 13.6. The molecule has 0 saturated heterocycles. The third kappa shape index (κ3) is 3.04. The molecule has 6 heteroatoms. The van der Waals surface area contributed by atoms with Crippen LogP contribution in [-0.4, -0.2) is 21.0 Å². The molecule has 0 amide bonds.